The molecule has 1 aromatic rings. The van der Waals surface area contributed by atoms with Gasteiger partial charge in [-0.2, -0.15) is 0 Å². The number of nitrogens with zero attached hydrogens (tertiary/aromatic N) is 1. The first-order valence-corrected chi connectivity index (χ1v) is 6.86. The number of ether oxygens (including phenoxy) is 1. The number of anilines is 1. The Kier molecular flexibility index (Phi) is 4.48. The fourth-order valence-electron chi connectivity index (χ4n) is 2.44. The van der Waals surface area contributed by atoms with E-state index in [4.69, 9.17) is 10.5 Å². The Morgan fingerprint density at radius 1 is 1.33 bits per heavy atom. The second kappa shape index (κ2) is 6.10. The van der Waals surface area contributed by atoms with Gasteiger partial charge in [0.1, 0.15) is 5.75 Å². The smallest absolute Gasteiger partial charge is 0.119 e. The van der Waals surface area contributed by atoms with E-state index in [0.29, 0.717) is 5.92 Å². The summed E-state index contributed by atoms with van der Waals surface area (Å²) >= 11 is 0. The van der Waals surface area contributed by atoms with Crippen molar-refractivity contribution in [1.29, 1.82) is 0 Å². The SMILES string of the molecule is Cc1cc(OCC(C)CN2CCCC2)ccc1N. The summed E-state index contributed by atoms with van der Waals surface area (Å²) in [7, 11) is 0. The van der Waals surface area contributed by atoms with Gasteiger partial charge in [0, 0.05) is 18.2 Å². The maximum absolute atomic E-state index is 5.83. The lowest BCUT2D eigenvalue weighted by Gasteiger charge is -2.20. The van der Waals surface area contributed by atoms with Crippen molar-refractivity contribution in [2.24, 2.45) is 5.92 Å². The third kappa shape index (κ3) is 3.64. The summed E-state index contributed by atoms with van der Waals surface area (Å²) in [6, 6.07) is 5.87. The lowest BCUT2D eigenvalue weighted by atomic mass is 10.2. The molecular formula is C15H24N2O. The zero-order valence-electron chi connectivity index (χ0n) is 11.5. The van der Waals surface area contributed by atoms with E-state index in [2.05, 4.69) is 11.8 Å². The van der Waals surface area contributed by atoms with Crippen LogP contribution in [-0.2, 0) is 0 Å². The molecule has 3 nitrogen and oxygen atoms in total. The molecule has 100 valence electrons. The van der Waals surface area contributed by atoms with E-state index >= 15 is 0 Å². The predicted octanol–water partition coefficient (Wildman–Crippen LogP) is 2.69. The van der Waals surface area contributed by atoms with Crippen LogP contribution in [0.2, 0.25) is 0 Å². The number of rotatable bonds is 5. The van der Waals surface area contributed by atoms with E-state index in [1.54, 1.807) is 0 Å². The fourth-order valence-corrected chi connectivity index (χ4v) is 2.44. The highest BCUT2D eigenvalue weighted by Crippen LogP contribution is 2.19. The highest BCUT2D eigenvalue weighted by atomic mass is 16.5. The van der Waals surface area contributed by atoms with E-state index in [1.165, 1.54) is 25.9 Å². The van der Waals surface area contributed by atoms with Crippen LogP contribution in [0.5, 0.6) is 5.75 Å². The molecule has 1 aromatic carbocycles. The molecule has 1 aliphatic heterocycles. The Morgan fingerprint density at radius 3 is 2.72 bits per heavy atom. The Hall–Kier alpha value is -1.22. The molecule has 1 atom stereocenters. The maximum atomic E-state index is 5.83. The van der Waals surface area contributed by atoms with Gasteiger partial charge in [-0.05, 0) is 56.6 Å². The van der Waals surface area contributed by atoms with Gasteiger partial charge < -0.3 is 15.4 Å². The van der Waals surface area contributed by atoms with Crippen molar-refractivity contribution in [3.05, 3.63) is 23.8 Å². The average Bonchev–Trinajstić information content (AvgIpc) is 2.83. The first kappa shape index (κ1) is 13.2. The molecule has 1 fully saturated rings. The Balaban J connectivity index is 1.77. The number of hydrogen-bond acceptors (Lipinski definition) is 3. The van der Waals surface area contributed by atoms with Crippen LogP contribution in [-0.4, -0.2) is 31.1 Å². The number of likely N-dealkylation sites (tertiary alicyclic amines) is 1. The van der Waals surface area contributed by atoms with Crippen LogP contribution in [0.15, 0.2) is 18.2 Å². The summed E-state index contributed by atoms with van der Waals surface area (Å²) < 4.78 is 5.83. The molecule has 3 heteroatoms. The summed E-state index contributed by atoms with van der Waals surface area (Å²) in [6.07, 6.45) is 2.70. The number of hydrogen-bond donors (Lipinski definition) is 1. The van der Waals surface area contributed by atoms with Crippen LogP contribution >= 0.6 is 0 Å². The average molecular weight is 248 g/mol. The van der Waals surface area contributed by atoms with Crippen molar-refractivity contribution in [2.75, 3.05) is 32.0 Å². The van der Waals surface area contributed by atoms with Gasteiger partial charge in [0.15, 0.2) is 0 Å². The fraction of sp³-hybridized carbons (Fsp3) is 0.600. The standard InChI is InChI=1S/C15H24N2O/c1-12(10-17-7-3-4-8-17)11-18-14-5-6-15(16)13(2)9-14/h5-6,9,12H,3-4,7-8,10-11,16H2,1-2H3. The molecule has 0 aromatic heterocycles. The van der Waals surface area contributed by atoms with Crippen molar-refractivity contribution in [2.45, 2.75) is 26.7 Å². The minimum Gasteiger partial charge on any atom is -0.493 e. The number of nitrogens with two attached hydrogens (primary N) is 1. The Bertz CT molecular complexity index is 386. The maximum Gasteiger partial charge on any atom is 0.119 e. The van der Waals surface area contributed by atoms with Gasteiger partial charge in [0.2, 0.25) is 0 Å². The summed E-state index contributed by atoms with van der Waals surface area (Å²) in [6.45, 7) is 8.70. The Morgan fingerprint density at radius 2 is 2.06 bits per heavy atom. The molecule has 18 heavy (non-hydrogen) atoms. The van der Waals surface area contributed by atoms with Crippen LogP contribution < -0.4 is 10.5 Å². The molecular weight excluding hydrogens is 224 g/mol. The topological polar surface area (TPSA) is 38.5 Å². The molecule has 1 saturated heterocycles. The quantitative estimate of drug-likeness (QED) is 0.814. The van der Waals surface area contributed by atoms with E-state index in [1.807, 2.05) is 25.1 Å². The molecule has 0 radical (unpaired) electrons. The van der Waals surface area contributed by atoms with Crippen molar-refractivity contribution in [3.63, 3.8) is 0 Å². The van der Waals surface area contributed by atoms with Crippen molar-refractivity contribution in [1.82, 2.24) is 4.90 Å². The van der Waals surface area contributed by atoms with Gasteiger partial charge in [-0.3, -0.25) is 0 Å². The summed E-state index contributed by atoms with van der Waals surface area (Å²) in [4.78, 5) is 2.53. The zero-order valence-corrected chi connectivity index (χ0v) is 11.5. The molecule has 1 heterocycles. The highest BCUT2D eigenvalue weighted by Gasteiger charge is 2.14. The van der Waals surface area contributed by atoms with Crippen LogP contribution in [0.4, 0.5) is 5.69 Å². The number of benzene rings is 1. The minimum absolute atomic E-state index is 0.570. The van der Waals surface area contributed by atoms with Crippen LogP contribution in [0, 0.1) is 12.8 Å². The van der Waals surface area contributed by atoms with E-state index in [0.717, 1.165) is 30.2 Å². The largest absolute Gasteiger partial charge is 0.493 e. The van der Waals surface area contributed by atoms with Crippen molar-refractivity contribution < 1.29 is 4.74 Å². The molecule has 1 aliphatic rings. The van der Waals surface area contributed by atoms with E-state index in [-0.39, 0.29) is 0 Å². The third-order valence-electron chi connectivity index (χ3n) is 3.54. The second-order valence-electron chi connectivity index (χ2n) is 5.44. The minimum atomic E-state index is 0.570. The van der Waals surface area contributed by atoms with E-state index in [9.17, 15) is 0 Å². The number of nitrogen functional groups attached to an aromatic ring is 1. The summed E-state index contributed by atoms with van der Waals surface area (Å²) in [5.74, 6) is 1.50. The molecule has 0 spiro atoms. The molecule has 0 amide bonds. The zero-order chi connectivity index (χ0) is 13.0. The molecule has 0 aliphatic carbocycles. The number of aryl methyl sites for hydroxylation is 1. The predicted molar refractivity (Wildman–Crippen MR) is 75.9 cm³/mol. The van der Waals surface area contributed by atoms with Gasteiger partial charge in [0.05, 0.1) is 6.61 Å². The summed E-state index contributed by atoms with van der Waals surface area (Å²) in [5.41, 5.74) is 7.70. The monoisotopic (exact) mass is 248 g/mol. The molecule has 0 bridgehead atoms. The second-order valence-corrected chi connectivity index (χ2v) is 5.44. The van der Waals surface area contributed by atoms with E-state index < -0.39 is 0 Å². The lowest BCUT2D eigenvalue weighted by Crippen LogP contribution is -2.28. The van der Waals surface area contributed by atoms with Gasteiger partial charge in [0.25, 0.3) is 0 Å². The van der Waals surface area contributed by atoms with Crippen molar-refractivity contribution >= 4 is 5.69 Å². The van der Waals surface area contributed by atoms with Gasteiger partial charge in [-0.25, -0.2) is 0 Å². The molecule has 2 N–H and O–H groups in total. The molecule has 0 saturated carbocycles. The summed E-state index contributed by atoms with van der Waals surface area (Å²) in [5, 5.41) is 0. The van der Waals surface area contributed by atoms with Gasteiger partial charge in [-0.1, -0.05) is 6.92 Å². The normalized spacial score (nSPS) is 17.9. The molecule has 2 rings (SSSR count). The first-order valence-electron chi connectivity index (χ1n) is 6.86. The highest BCUT2D eigenvalue weighted by molar-refractivity contribution is 5.49. The van der Waals surface area contributed by atoms with Gasteiger partial charge >= 0.3 is 0 Å². The van der Waals surface area contributed by atoms with Crippen LogP contribution in [0.25, 0.3) is 0 Å². The lowest BCUT2D eigenvalue weighted by molar-refractivity contribution is 0.206. The third-order valence-corrected chi connectivity index (χ3v) is 3.54. The Labute approximate surface area is 110 Å². The molecule has 1 unspecified atom stereocenters. The first-order chi connectivity index (χ1) is 8.65. The van der Waals surface area contributed by atoms with Crippen molar-refractivity contribution in [3.8, 4) is 5.75 Å². The van der Waals surface area contributed by atoms with Crippen LogP contribution in [0.3, 0.4) is 0 Å². The van der Waals surface area contributed by atoms with Crippen LogP contribution in [0.1, 0.15) is 25.3 Å². The van der Waals surface area contributed by atoms with Gasteiger partial charge in [-0.15, -0.1) is 0 Å².